The zero-order valence-electron chi connectivity index (χ0n) is 16.5. The number of thiazole rings is 1. The van der Waals surface area contributed by atoms with Crippen LogP contribution in [0.15, 0.2) is 35.7 Å². The van der Waals surface area contributed by atoms with E-state index in [1.165, 1.54) is 22.7 Å². The van der Waals surface area contributed by atoms with E-state index in [2.05, 4.69) is 53.4 Å². The number of thiophene rings is 1. The highest BCUT2D eigenvalue weighted by atomic mass is 32.1. The maximum absolute atomic E-state index is 12.7. The normalized spacial score (nSPS) is 11.0. The number of nitrogen functional groups attached to an aromatic ring is 1. The van der Waals surface area contributed by atoms with Crippen molar-refractivity contribution in [2.24, 2.45) is 0 Å². The smallest absolute Gasteiger partial charge is 0.217 e. The van der Waals surface area contributed by atoms with Gasteiger partial charge in [-0.15, -0.1) is 11.3 Å². The molecule has 0 aliphatic rings. The number of aryl methyl sites for hydroxylation is 1. The molecule has 0 unspecified atom stereocenters. The molecule has 3 rings (SSSR count). The number of nitrogens with two attached hydrogens (primary N) is 1. The molecule has 0 bridgehead atoms. The molecule has 2 heterocycles. The molecule has 0 aliphatic carbocycles. The van der Waals surface area contributed by atoms with Crippen molar-refractivity contribution in [2.75, 3.05) is 50.2 Å². The molecule has 0 amide bonds. The van der Waals surface area contributed by atoms with Crippen LogP contribution in [-0.2, 0) is 0 Å². The first-order valence-electron chi connectivity index (χ1n) is 8.93. The maximum Gasteiger partial charge on any atom is 0.217 e. The van der Waals surface area contributed by atoms with Crippen molar-refractivity contribution < 1.29 is 4.79 Å². The van der Waals surface area contributed by atoms with E-state index in [-0.39, 0.29) is 11.6 Å². The van der Waals surface area contributed by atoms with Crippen LogP contribution in [0.2, 0.25) is 0 Å². The zero-order valence-corrected chi connectivity index (χ0v) is 18.2. The number of aromatic nitrogens is 1. The van der Waals surface area contributed by atoms with Gasteiger partial charge in [0.25, 0.3) is 0 Å². The average Bonchev–Trinajstić information content (AvgIpc) is 3.25. The molecule has 0 radical (unpaired) electrons. The van der Waals surface area contributed by atoms with Gasteiger partial charge in [0.1, 0.15) is 10.7 Å². The van der Waals surface area contributed by atoms with Gasteiger partial charge in [0.2, 0.25) is 5.78 Å². The summed E-state index contributed by atoms with van der Waals surface area (Å²) in [6.45, 7) is 3.88. The predicted molar refractivity (Wildman–Crippen MR) is 121 cm³/mol. The first kappa shape index (κ1) is 20.3. The number of nitrogens with zero attached hydrogens (tertiary/aromatic N) is 3. The van der Waals surface area contributed by atoms with E-state index >= 15 is 0 Å². The fourth-order valence-corrected chi connectivity index (χ4v) is 4.45. The van der Waals surface area contributed by atoms with Crippen LogP contribution in [-0.4, -0.2) is 49.9 Å². The van der Waals surface area contributed by atoms with Gasteiger partial charge in [0.15, 0.2) is 5.13 Å². The minimum absolute atomic E-state index is 0.0617. The first-order chi connectivity index (χ1) is 13.3. The third kappa shape index (κ3) is 4.70. The summed E-state index contributed by atoms with van der Waals surface area (Å²) < 4.78 is 0. The van der Waals surface area contributed by atoms with E-state index in [1.54, 1.807) is 0 Å². The second-order valence-corrected chi connectivity index (χ2v) is 8.81. The van der Waals surface area contributed by atoms with Crippen LogP contribution in [0.4, 0.5) is 22.3 Å². The number of carbonyl (C=O) groups is 1. The molecule has 2 aromatic heterocycles. The highest BCUT2D eigenvalue weighted by molar-refractivity contribution is 7.19. The van der Waals surface area contributed by atoms with Crippen LogP contribution in [0.1, 0.15) is 20.1 Å². The summed E-state index contributed by atoms with van der Waals surface area (Å²) in [5, 5.41) is 5.78. The van der Waals surface area contributed by atoms with E-state index in [4.69, 9.17) is 5.73 Å². The summed E-state index contributed by atoms with van der Waals surface area (Å²) in [5.74, 6) is 0.207. The topological polar surface area (TPSA) is 74.5 Å². The zero-order chi connectivity index (χ0) is 20.3. The number of hydrogen-bond acceptors (Lipinski definition) is 8. The van der Waals surface area contributed by atoms with Gasteiger partial charge in [-0.05, 0) is 62.3 Å². The lowest BCUT2D eigenvalue weighted by Gasteiger charge is -2.21. The fraction of sp³-hybridized carbons (Fsp3) is 0.300. The molecule has 0 atom stereocenters. The van der Waals surface area contributed by atoms with Gasteiger partial charge >= 0.3 is 0 Å². The van der Waals surface area contributed by atoms with E-state index in [0.717, 1.165) is 30.0 Å². The minimum atomic E-state index is -0.0617. The van der Waals surface area contributed by atoms with E-state index in [0.29, 0.717) is 14.9 Å². The average molecular weight is 416 g/mol. The van der Waals surface area contributed by atoms with E-state index in [1.807, 2.05) is 30.5 Å². The number of nitrogens with one attached hydrogen (secondary N) is 1. The monoisotopic (exact) mass is 415 g/mol. The molecule has 8 heteroatoms. The molecule has 0 saturated carbocycles. The number of hydrogen-bond donors (Lipinski definition) is 2. The molecule has 28 heavy (non-hydrogen) atoms. The molecule has 3 aromatic rings. The molecule has 1 aromatic carbocycles. The lowest BCUT2D eigenvalue weighted by atomic mass is 10.2. The van der Waals surface area contributed by atoms with Gasteiger partial charge in [-0.3, -0.25) is 4.79 Å². The molecule has 0 fully saturated rings. The quantitative estimate of drug-likeness (QED) is 0.540. The first-order valence-corrected chi connectivity index (χ1v) is 10.6. The van der Waals surface area contributed by atoms with Crippen molar-refractivity contribution in [3.63, 3.8) is 0 Å². The van der Waals surface area contributed by atoms with E-state index < -0.39 is 0 Å². The summed E-state index contributed by atoms with van der Waals surface area (Å²) in [4.78, 5) is 22.6. The van der Waals surface area contributed by atoms with Crippen LogP contribution in [0.25, 0.3) is 0 Å². The fourth-order valence-electron chi connectivity index (χ4n) is 2.66. The van der Waals surface area contributed by atoms with Gasteiger partial charge in [-0.1, -0.05) is 11.3 Å². The summed E-state index contributed by atoms with van der Waals surface area (Å²) in [6.07, 6.45) is 0. The standard InChI is InChI=1S/C20H25N5OS2/c1-13-9-12-27-17(13)16(26)18-19(21)23-20(28-18)22-14-5-7-15(8-6-14)25(4)11-10-24(2)3/h5-9,12H,10-11,21H2,1-4H3,(H,22,23). The minimum Gasteiger partial charge on any atom is -0.382 e. The van der Waals surface area contributed by atoms with Crippen molar-refractivity contribution in [1.29, 1.82) is 0 Å². The van der Waals surface area contributed by atoms with E-state index in [9.17, 15) is 4.79 Å². The predicted octanol–water partition coefficient (Wildman–Crippen LogP) is 4.07. The van der Waals surface area contributed by atoms with Gasteiger partial charge < -0.3 is 20.9 Å². The Morgan fingerprint density at radius 3 is 2.43 bits per heavy atom. The number of likely N-dealkylation sites (N-methyl/N-ethyl adjacent to an activating group) is 2. The van der Waals surface area contributed by atoms with Gasteiger partial charge in [-0.25, -0.2) is 4.98 Å². The molecule has 0 saturated heterocycles. The molecule has 0 spiro atoms. The van der Waals surface area contributed by atoms with Crippen LogP contribution in [0, 0.1) is 6.92 Å². The van der Waals surface area contributed by atoms with Crippen molar-refractivity contribution in [2.45, 2.75) is 6.92 Å². The lowest BCUT2D eigenvalue weighted by molar-refractivity contribution is 0.104. The number of anilines is 4. The Hall–Kier alpha value is -2.42. The Kier molecular flexibility index (Phi) is 6.33. The van der Waals surface area contributed by atoms with Crippen molar-refractivity contribution in [3.8, 4) is 0 Å². The summed E-state index contributed by atoms with van der Waals surface area (Å²) >= 11 is 2.72. The van der Waals surface area contributed by atoms with Crippen LogP contribution >= 0.6 is 22.7 Å². The van der Waals surface area contributed by atoms with Crippen LogP contribution in [0.3, 0.4) is 0 Å². The number of rotatable bonds is 8. The highest BCUT2D eigenvalue weighted by Crippen LogP contribution is 2.32. The van der Waals surface area contributed by atoms with Gasteiger partial charge in [-0.2, -0.15) is 0 Å². The SMILES string of the molecule is Cc1ccsc1C(=O)c1sc(Nc2ccc(N(C)CCN(C)C)cc2)nc1N. The second kappa shape index (κ2) is 8.72. The lowest BCUT2D eigenvalue weighted by Crippen LogP contribution is -2.28. The number of benzene rings is 1. The molecule has 148 valence electrons. The maximum atomic E-state index is 12.7. The summed E-state index contributed by atoms with van der Waals surface area (Å²) in [5.41, 5.74) is 9.03. The molecule has 6 nitrogen and oxygen atoms in total. The van der Waals surface area contributed by atoms with Crippen LogP contribution in [0.5, 0.6) is 0 Å². The molecule has 3 N–H and O–H groups in total. The van der Waals surface area contributed by atoms with Gasteiger partial charge in [0.05, 0.1) is 4.88 Å². The van der Waals surface area contributed by atoms with Crippen molar-refractivity contribution in [3.05, 3.63) is 51.0 Å². The third-order valence-electron chi connectivity index (χ3n) is 4.37. The second-order valence-electron chi connectivity index (χ2n) is 6.89. The Balaban J connectivity index is 1.69. The Labute approximate surface area is 173 Å². The third-order valence-corrected chi connectivity index (χ3v) is 6.37. The molecule has 0 aliphatic heterocycles. The number of carbonyl (C=O) groups excluding carboxylic acids is 1. The Bertz CT molecular complexity index is 946. The summed E-state index contributed by atoms with van der Waals surface area (Å²) in [7, 11) is 6.22. The molecular weight excluding hydrogens is 390 g/mol. The van der Waals surface area contributed by atoms with Gasteiger partial charge in [0, 0.05) is 31.5 Å². The number of ketones is 1. The highest BCUT2D eigenvalue weighted by Gasteiger charge is 2.20. The Morgan fingerprint density at radius 1 is 1.11 bits per heavy atom. The van der Waals surface area contributed by atoms with Crippen molar-refractivity contribution in [1.82, 2.24) is 9.88 Å². The van der Waals surface area contributed by atoms with Crippen molar-refractivity contribution >= 4 is 50.8 Å². The van der Waals surface area contributed by atoms with Crippen LogP contribution < -0.4 is 16.0 Å². The summed E-state index contributed by atoms with van der Waals surface area (Å²) in [6, 6.07) is 10.1. The largest absolute Gasteiger partial charge is 0.382 e. The molecular formula is C20H25N5OS2. The Morgan fingerprint density at radius 2 is 1.82 bits per heavy atom.